The third kappa shape index (κ3) is 5.17. The molecule has 0 spiro atoms. The number of hydrogen-bond acceptors (Lipinski definition) is 4. The summed E-state index contributed by atoms with van der Waals surface area (Å²) >= 11 is 0. The fraction of sp³-hybridized carbons (Fsp3) is 0.467. The van der Waals surface area contributed by atoms with E-state index < -0.39 is 12.6 Å². The third-order valence-corrected chi connectivity index (χ3v) is 3.34. The van der Waals surface area contributed by atoms with Crippen molar-refractivity contribution >= 4 is 17.6 Å². The topological polar surface area (TPSA) is 78.9 Å². The van der Waals surface area contributed by atoms with Crippen molar-refractivity contribution in [2.45, 2.75) is 19.4 Å². The molecule has 2 N–H and O–H groups in total. The van der Waals surface area contributed by atoms with Gasteiger partial charge >= 0.3 is 5.97 Å². The maximum absolute atomic E-state index is 11.7. The second kappa shape index (κ2) is 7.75. The minimum Gasteiger partial charge on any atom is -0.480 e. The van der Waals surface area contributed by atoms with Crippen LogP contribution in [-0.4, -0.2) is 48.2 Å². The van der Waals surface area contributed by atoms with Gasteiger partial charge in [0.1, 0.15) is 13.2 Å². The monoisotopic (exact) mass is 292 g/mol. The van der Waals surface area contributed by atoms with Crippen LogP contribution in [0.25, 0.3) is 0 Å². The highest BCUT2D eigenvalue weighted by Crippen LogP contribution is 2.19. The first kappa shape index (κ1) is 15.5. The Hall–Kier alpha value is -1.92. The number of carboxylic acid groups (broad SMARTS) is 1. The van der Waals surface area contributed by atoms with Gasteiger partial charge in [0.25, 0.3) is 0 Å². The molecule has 114 valence electrons. The first-order chi connectivity index (χ1) is 10.1. The summed E-state index contributed by atoms with van der Waals surface area (Å²) in [6.07, 6.45) is 2.44. The van der Waals surface area contributed by atoms with Crippen molar-refractivity contribution in [1.29, 1.82) is 0 Å². The van der Waals surface area contributed by atoms with Crippen molar-refractivity contribution in [1.82, 2.24) is 4.90 Å². The number of para-hydroxylation sites is 1. The van der Waals surface area contributed by atoms with Gasteiger partial charge in [-0.05, 0) is 37.6 Å². The van der Waals surface area contributed by atoms with E-state index in [1.807, 2.05) is 24.3 Å². The van der Waals surface area contributed by atoms with Gasteiger partial charge in [0, 0.05) is 12.2 Å². The highest BCUT2D eigenvalue weighted by atomic mass is 16.5. The number of benzene rings is 1. The molecule has 1 aromatic rings. The van der Waals surface area contributed by atoms with E-state index in [4.69, 9.17) is 9.84 Å². The number of carboxylic acids is 1. The molecule has 0 atom stereocenters. The second-order valence-electron chi connectivity index (χ2n) is 5.08. The van der Waals surface area contributed by atoms with Gasteiger partial charge < -0.3 is 15.2 Å². The minimum absolute atomic E-state index is 0.260. The van der Waals surface area contributed by atoms with Gasteiger partial charge in [-0.2, -0.15) is 0 Å². The molecule has 1 saturated heterocycles. The smallest absolute Gasteiger partial charge is 0.329 e. The number of nitrogens with one attached hydrogen (secondary N) is 1. The van der Waals surface area contributed by atoms with Crippen molar-refractivity contribution < 1.29 is 19.4 Å². The van der Waals surface area contributed by atoms with Crippen LogP contribution in [0.4, 0.5) is 5.69 Å². The molecule has 6 nitrogen and oxygen atoms in total. The maximum Gasteiger partial charge on any atom is 0.329 e. The number of rotatable bonds is 7. The normalized spacial score (nSPS) is 15.0. The SMILES string of the molecule is O=C(O)COCC(=O)Nc1ccccc1CN1CCCC1. The van der Waals surface area contributed by atoms with E-state index in [9.17, 15) is 9.59 Å². The number of ether oxygens (including phenoxy) is 1. The molecule has 1 aliphatic rings. The van der Waals surface area contributed by atoms with Gasteiger partial charge in [-0.1, -0.05) is 18.2 Å². The van der Waals surface area contributed by atoms with Crippen molar-refractivity contribution in [2.75, 3.05) is 31.6 Å². The van der Waals surface area contributed by atoms with Crippen LogP contribution in [0.15, 0.2) is 24.3 Å². The Morgan fingerprint density at radius 1 is 1.19 bits per heavy atom. The van der Waals surface area contributed by atoms with Crippen LogP contribution in [-0.2, 0) is 20.9 Å². The minimum atomic E-state index is -1.09. The lowest BCUT2D eigenvalue weighted by atomic mass is 10.1. The molecule has 0 aromatic heterocycles. The summed E-state index contributed by atoms with van der Waals surface area (Å²) in [5.41, 5.74) is 1.82. The number of carbonyl (C=O) groups excluding carboxylic acids is 1. The van der Waals surface area contributed by atoms with Crippen molar-refractivity contribution in [2.24, 2.45) is 0 Å². The Morgan fingerprint density at radius 3 is 2.62 bits per heavy atom. The zero-order valence-corrected chi connectivity index (χ0v) is 11.9. The Kier molecular flexibility index (Phi) is 5.71. The molecule has 6 heteroatoms. The number of carbonyl (C=O) groups is 2. The van der Waals surface area contributed by atoms with Crippen LogP contribution in [0.2, 0.25) is 0 Å². The van der Waals surface area contributed by atoms with E-state index in [0.717, 1.165) is 30.9 Å². The molecular weight excluding hydrogens is 272 g/mol. The van der Waals surface area contributed by atoms with Gasteiger partial charge in [-0.15, -0.1) is 0 Å². The van der Waals surface area contributed by atoms with Gasteiger partial charge in [-0.3, -0.25) is 9.69 Å². The number of anilines is 1. The van der Waals surface area contributed by atoms with Crippen molar-refractivity contribution in [3.05, 3.63) is 29.8 Å². The van der Waals surface area contributed by atoms with Gasteiger partial charge in [0.15, 0.2) is 0 Å². The molecule has 0 radical (unpaired) electrons. The second-order valence-corrected chi connectivity index (χ2v) is 5.08. The van der Waals surface area contributed by atoms with Crippen LogP contribution < -0.4 is 5.32 Å². The van der Waals surface area contributed by atoms with E-state index in [2.05, 4.69) is 10.2 Å². The predicted octanol–water partition coefficient (Wildman–Crippen LogP) is 1.32. The summed E-state index contributed by atoms with van der Waals surface area (Å²) in [6, 6.07) is 7.65. The Balaban J connectivity index is 1.89. The largest absolute Gasteiger partial charge is 0.480 e. The van der Waals surface area contributed by atoms with E-state index in [1.54, 1.807) is 0 Å². The lowest BCUT2D eigenvalue weighted by Gasteiger charge is -2.17. The van der Waals surface area contributed by atoms with E-state index in [1.165, 1.54) is 12.8 Å². The van der Waals surface area contributed by atoms with Gasteiger partial charge in [0.05, 0.1) is 0 Å². The molecule has 0 aliphatic carbocycles. The summed E-state index contributed by atoms with van der Waals surface area (Å²) in [5, 5.41) is 11.2. The molecular formula is C15H20N2O4. The fourth-order valence-electron chi connectivity index (χ4n) is 2.38. The average Bonchev–Trinajstić information content (AvgIpc) is 2.93. The zero-order chi connectivity index (χ0) is 15.1. The number of aliphatic carboxylic acids is 1. The van der Waals surface area contributed by atoms with Crippen LogP contribution in [0, 0.1) is 0 Å². The summed E-state index contributed by atoms with van der Waals surface area (Å²) < 4.78 is 4.78. The summed E-state index contributed by atoms with van der Waals surface area (Å²) in [4.78, 5) is 24.4. The maximum atomic E-state index is 11.7. The highest BCUT2D eigenvalue weighted by Gasteiger charge is 2.14. The molecule has 1 heterocycles. The van der Waals surface area contributed by atoms with Gasteiger partial charge in [0.2, 0.25) is 5.91 Å². The first-order valence-electron chi connectivity index (χ1n) is 7.05. The van der Waals surface area contributed by atoms with Crippen LogP contribution in [0.1, 0.15) is 18.4 Å². The third-order valence-electron chi connectivity index (χ3n) is 3.34. The molecule has 2 rings (SSSR count). The fourth-order valence-corrected chi connectivity index (χ4v) is 2.38. The molecule has 0 saturated carbocycles. The number of likely N-dealkylation sites (tertiary alicyclic amines) is 1. The summed E-state index contributed by atoms with van der Waals surface area (Å²) in [5.74, 6) is -1.43. The number of nitrogens with zero attached hydrogens (tertiary/aromatic N) is 1. The van der Waals surface area contributed by atoms with E-state index in [-0.39, 0.29) is 12.5 Å². The number of hydrogen-bond donors (Lipinski definition) is 2. The lowest BCUT2D eigenvalue weighted by Crippen LogP contribution is -2.23. The molecule has 1 amide bonds. The number of amides is 1. The van der Waals surface area contributed by atoms with Crippen molar-refractivity contribution in [3.8, 4) is 0 Å². The quantitative estimate of drug-likeness (QED) is 0.792. The standard InChI is InChI=1S/C15H20N2O4/c18-14(10-21-11-15(19)20)16-13-6-2-1-5-12(13)9-17-7-3-4-8-17/h1-2,5-6H,3-4,7-11H2,(H,16,18)(H,19,20). The molecule has 0 unspecified atom stereocenters. The van der Waals surface area contributed by atoms with Gasteiger partial charge in [-0.25, -0.2) is 4.79 Å². The first-order valence-corrected chi connectivity index (χ1v) is 7.05. The molecule has 0 bridgehead atoms. The van der Waals surface area contributed by atoms with Crippen LogP contribution >= 0.6 is 0 Å². The summed E-state index contributed by atoms with van der Waals surface area (Å²) in [7, 11) is 0. The van der Waals surface area contributed by atoms with E-state index in [0.29, 0.717) is 0 Å². The Labute approximate surface area is 123 Å². The van der Waals surface area contributed by atoms with Crippen molar-refractivity contribution in [3.63, 3.8) is 0 Å². The predicted molar refractivity (Wildman–Crippen MR) is 78.0 cm³/mol. The van der Waals surface area contributed by atoms with Crippen LogP contribution in [0.3, 0.4) is 0 Å². The molecule has 21 heavy (non-hydrogen) atoms. The average molecular weight is 292 g/mol. The lowest BCUT2D eigenvalue weighted by molar-refractivity contribution is -0.143. The highest BCUT2D eigenvalue weighted by molar-refractivity contribution is 5.92. The van der Waals surface area contributed by atoms with E-state index >= 15 is 0 Å². The Bertz CT molecular complexity index is 498. The molecule has 1 aliphatic heterocycles. The molecule has 1 aromatic carbocycles. The Morgan fingerprint density at radius 2 is 1.90 bits per heavy atom. The zero-order valence-electron chi connectivity index (χ0n) is 11.9. The molecule has 1 fully saturated rings. The summed E-state index contributed by atoms with van der Waals surface area (Å²) in [6.45, 7) is 2.26. The van der Waals surface area contributed by atoms with Crippen LogP contribution in [0.5, 0.6) is 0 Å².